The molecule has 0 radical (unpaired) electrons. The van der Waals surface area contributed by atoms with E-state index in [2.05, 4.69) is 35.7 Å². The third-order valence-corrected chi connectivity index (χ3v) is 4.79. The lowest BCUT2D eigenvalue weighted by Crippen LogP contribution is -2.40. The van der Waals surface area contributed by atoms with Crippen molar-refractivity contribution in [2.75, 3.05) is 51.1 Å². The lowest BCUT2D eigenvalue weighted by molar-refractivity contribution is 0.154. The fraction of sp³-hybridized carbons (Fsp3) is 0.923. The minimum Gasteiger partial charge on any atom is -0.379 e. The highest BCUT2D eigenvalue weighted by Crippen LogP contribution is 2.20. The molecule has 134 valence electrons. The molecule has 0 rings (SSSR count). The lowest BCUT2D eigenvalue weighted by Gasteiger charge is -2.20. The Bertz CT molecular complexity index is 415. The van der Waals surface area contributed by atoms with Gasteiger partial charge in [-0.1, -0.05) is 0 Å². The van der Waals surface area contributed by atoms with Gasteiger partial charge in [0.25, 0.3) is 0 Å². The van der Waals surface area contributed by atoms with Crippen LogP contribution in [0, 0.1) is 0 Å². The van der Waals surface area contributed by atoms with Gasteiger partial charge in [-0.05, 0) is 27.0 Å². The van der Waals surface area contributed by atoms with E-state index in [4.69, 9.17) is 4.74 Å². The summed E-state index contributed by atoms with van der Waals surface area (Å²) >= 11 is 1.78. The molecular weight excluding hydrogens is 437 g/mol. The Morgan fingerprint density at radius 3 is 2.41 bits per heavy atom. The van der Waals surface area contributed by atoms with Crippen molar-refractivity contribution in [2.45, 2.75) is 25.5 Å². The van der Waals surface area contributed by atoms with E-state index in [1.54, 1.807) is 11.8 Å². The molecule has 0 amide bonds. The topological polar surface area (TPSA) is 79.8 Å². The summed E-state index contributed by atoms with van der Waals surface area (Å²) in [7, 11) is -2.95. The van der Waals surface area contributed by atoms with Crippen molar-refractivity contribution in [3.63, 3.8) is 0 Å². The molecule has 0 aromatic carbocycles. The SMILES string of the molecule is CCNC(=NCC(C)(C)SC)NCCOCCS(C)(=O)=O.I. The Labute approximate surface area is 156 Å². The van der Waals surface area contributed by atoms with Gasteiger partial charge in [-0.2, -0.15) is 11.8 Å². The highest BCUT2D eigenvalue weighted by Gasteiger charge is 2.15. The molecule has 6 nitrogen and oxygen atoms in total. The van der Waals surface area contributed by atoms with E-state index >= 15 is 0 Å². The first kappa shape index (κ1) is 24.5. The maximum atomic E-state index is 10.9. The Balaban J connectivity index is 0. The molecule has 0 aliphatic carbocycles. The molecule has 0 aliphatic rings. The molecule has 0 saturated carbocycles. The first-order valence-corrected chi connectivity index (χ1v) is 10.3. The summed E-state index contributed by atoms with van der Waals surface area (Å²) in [5, 5.41) is 6.34. The van der Waals surface area contributed by atoms with E-state index < -0.39 is 9.84 Å². The van der Waals surface area contributed by atoms with Crippen LogP contribution in [-0.4, -0.2) is 70.2 Å². The molecular formula is C13H30IN3O3S2. The van der Waals surface area contributed by atoms with Gasteiger partial charge in [0.15, 0.2) is 5.96 Å². The van der Waals surface area contributed by atoms with Crippen LogP contribution in [0.1, 0.15) is 20.8 Å². The van der Waals surface area contributed by atoms with Crippen molar-refractivity contribution in [1.82, 2.24) is 10.6 Å². The normalized spacial score (nSPS) is 12.7. The van der Waals surface area contributed by atoms with Crippen LogP contribution in [0.25, 0.3) is 0 Å². The quantitative estimate of drug-likeness (QED) is 0.219. The second kappa shape index (κ2) is 12.7. The maximum absolute atomic E-state index is 10.9. The number of hydrogen-bond donors (Lipinski definition) is 2. The zero-order valence-electron chi connectivity index (χ0n) is 14.1. The highest BCUT2D eigenvalue weighted by molar-refractivity contribution is 14.0. The summed E-state index contributed by atoms with van der Waals surface area (Å²) in [5.41, 5.74) is 0. The predicted molar refractivity (Wildman–Crippen MR) is 108 cm³/mol. The Hall–Kier alpha value is 0.260. The number of hydrogen-bond acceptors (Lipinski definition) is 5. The van der Waals surface area contributed by atoms with Gasteiger partial charge in [-0.15, -0.1) is 24.0 Å². The monoisotopic (exact) mass is 467 g/mol. The lowest BCUT2D eigenvalue weighted by atomic mass is 10.2. The van der Waals surface area contributed by atoms with Gasteiger partial charge in [0, 0.05) is 24.1 Å². The van der Waals surface area contributed by atoms with Crippen molar-refractivity contribution >= 4 is 51.5 Å². The molecule has 2 N–H and O–H groups in total. The molecule has 0 atom stereocenters. The minimum absolute atomic E-state index is 0. The standard InChI is InChI=1S/C13H29N3O3S2.HI/c1-6-14-12(16-11-13(2,3)20-4)15-7-8-19-9-10-21(5,17)18;/h6-11H2,1-5H3,(H2,14,15,16);1H. The van der Waals surface area contributed by atoms with Crippen LogP contribution in [0.2, 0.25) is 0 Å². The van der Waals surface area contributed by atoms with Crippen LogP contribution >= 0.6 is 35.7 Å². The summed E-state index contributed by atoms with van der Waals surface area (Å²) < 4.78 is 27.3. The van der Waals surface area contributed by atoms with E-state index in [0.29, 0.717) is 13.2 Å². The molecule has 0 aliphatic heterocycles. The molecule has 0 fully saturated rings. The molecule has 0 spiro atoms. The fourth-order valence-corrected chi connectivity index (χ4v) is 1.84. The van der Waals surface area contributed by atoms with Gasteiger partial charge < -0.3 is 15.4 Å². The summed E-state index contributed by atoms with van der Waals surface area (Å²) in [6.45, 7) is 9.10. The fourth-order valence-electron chi connectivity index (χ4n) is 1.23. The first-order valence-electron chi connectivity index (χ1n) is 7.03. The summed E-state index contributed by atoms with van der Waals surface area (Å²) in [4.78, 5) is 4.54. The largest absolute Gasteiger partial charge is 0.379 e. The van der Waals surface area contributed by atoms with Crippen molar-refractivity contribution < 1.29 is 13.2 Å². The molecule has 0 unspecified atom stereocenters. The molecule has 0 saturated heterocycles. The van der Waals surface area contributed by atoms with E-state index in [0.717, 1.165) is 19.0 Å². The minimum atomic E-state index is -2.95. The average Bonchev–Trinajstić information content (AvgIpc) is 2.38. The van der Waals surface area contributed by atoms with E-state index in [1.807, 2.05) is 6.92 Å². The van der Waals surface area contributed by atoms with Gasteiger partial charge in [-0.3, -0.25) is 4.99 Å². The molecule has 9 heteroatoms. The van der Waals surface area contributed by atoms with Crippen LogP contribution < -0.4 is 10.6 Å². The zero-order chi connectivity index (χ0) is 16.4. The number of sulfone groups is 1. The third-order valence-electron chi connectivity index (χ3n) is 2.65. The summed E-state index contributed by atoms with van der Waals surface area (Å²) in [5.74, 6) is 0.814. The number of aliphatic imine (C=N–C) groups is 1. The number of nitrogens with one attached hydrogen (secondary N) is 2. The predicted octanol–water partition coefficient (Wildman–Crippen LogP) is 1.36. The van der Waals surface area contributed by atoms with Crippen molar-refractivity contribution in [1.29, 1.82) is 0 Å². The van der Waals surface area contributed by atoms with E-state index in [1.165, 1.54) is 6.26 Å². The van der Waals surface area contributed by atoms with Gasteiger partial charge in [0.05, 0.1) is 25.5 Å². The van der Waals surface area contributed by atoms with Crippen LogP contribution in [0.4, 0.5) is 0 Å². The number of thioether (sulfide) groups is 1. The zero-order valence-corrected chi connectivity index (χ0v) is 18.1. The van der Waals surface area contributed by atoms with Crippen LogP contribution in [0.3, 0.4) is 0 Å². The highest BCUT2D eigenvalue weighted by atomic mass is 127. The third kappa shape index (κ3) is 15.2. The molecule has 0 heterocycles. The van der Waals surface area contributed by atoms with Crippen molar-refractivity contribution in [3.05, 3.63) is 0 Å². The second-order valence-electron chi connectivity index (χ2n) is 5.33. The summed E-state index contributed by atoms with van der Waals surface area (Å²) in [6.07, 6.45) is 3.28. The average molecular weight is 467 g/mol. The Kier molecular flexibility index (Phi) is 14.1. The Morgan fingerprint density at radius 2 is 1.91 bits per heavy atom. The summed E-state index contributed by atoms with van der Waals surface area (Å²) in [6, 6.07) is 0. The number of ether oxygens (including phenoxy) is 1. The molecule has 22 heavy (non-hydrogen) atoms. The molecule has 0 bridgehead atoms. The van der Waals surface area contributed by atoms with Gasteiger partial charge in [0.2, 0.25) is 0 Å². The van der Waals surface area contributed by atoms with Crippen molar-refractivity contribution in [2.24, 2.45) is 4.99 Å². The Morgan fingerprint density at radius 1 is 1.27 bits per heavy atom. The molecule has 0 aromatic rings. The maximum Gasteiger partial charge on any atom is 0.191 e. The van der Waals surface area contributed by atoms with Gasteiger partial charge in [0.1, 0.15) is 9.84 Å². The number of nitrogens with zero attached hydrogens (tertiary/aromatic N) is 1. The number of rotatable bonds is 10. The molecule has 0 aromatic heterocycles. The van der Waals surface area contributed by atoms with E-state index in [9.17, 15) is 8.42 Å². The van der Waals surface area contributed by atoms with E-state index in [-0.39, 0.29) is 41.1 Å². The van der Waals surface area contributed by atoms with Crippen LogP contribution in [0.5, 0.6) is 0 Å². The second-order valence-corrected chi connectivity index (χ2v) is 9.10. The smallest absolute Gasteiger partial charge is 0.191 e. The first-order chi connectivity index (χ1) is 9.70. The van der Waals surface area contributed by atoms with Crippen molar-refractivity contribution in [3.8, 4) is 0 Å². The number of halogens is 1. The van der Waals surface area contributed by atoms with Gasteiger partial charge >= 0.3 is 0 Å². The number of guanidine groups is 1. The van der Waals surface area contributed by atoms with Crippen LogP contribution in [-0.2, 0) is 14.6 Å². The van der Waals surface area contributed by atoms with Crippen LogP contribution in [0.15, 0.2) is 4.99 Å². The van der Waals surface area contributed by atoms with Gasteiger partial charge in [-0.25, -0.2) is 8.42 Å².